The van der Waals surface area contributed by atoms with Crippen molar-refractivity contribution in [1.82, 2.24) is 15.0 Å². The SMILES string of the molecule is c1ccc(-c2nnn(-c3ccccc3)c2-c2sc(-c3ccccc3)c3ccccc23)cc1. The third-order valence-corrected chi connectivity index (χ3v) is 6.87. The summed E-state index contributed by atoms with van der Waals surface area (Å²) in [6, 6.07) is 39.7. The van der Waals surface area contributed by atoms with Gasteiger partial charge in [-0.1, -0.05) is 108 Å². The summed E-state index contributed by atoms with van der Waals surface area (Å²) < 4.78 is 1.97. The quantitative estimate of drug-likeness (QED) is 0.291. The minimum Gasteiger partial charge on any atom is -0.211 e. The molecule has 4 heteroatoms. The first-order valence-corrected chi connectivity index (χ1v) is 11.4. The zero-order valence-corrected chi connectivity index (χ0v) is 18.0. The van der Waals surface area contributed by atoms with Crippen molar-refractivity contribution >= 4 is 22.1 Å². The number of nitrogens with zero attached hydrogens (tertiary/aromatic N) is 3. The van der Waals surface area contributed by atoms with E-state index in [0.717, 1.165) is 22.6 Å². The van der Waals surface area contributed by atoms with E-state index in [0.29, 0.717) is 0 Å². The number of fused-ring (bicyclic) bond motifs is 1. The maximum absolute atomic E-state index is 4.65. The van der Waals surface area contributed by atoms with Crippen LogP contribution in [0.1, 0.15) is 0 Å². The molecule has 0 aliphatic heterocycles. The molecule has 0 fully saturated rings. The summed E-state index contributed by atoms with van der Waals surface area (Å²) in [6.07, 6.45) is 0. The molecule has 0 N–H and O–H groups in total. The van der Waals surface area contributed by atoms with Gasteiger partial charge in [0.15, 0.2) is 0 Å². The van der Waals surface area contributed by atoms with Gasteiger partial charge in [0.1, 0.15) is 11.4 Å². The third kappa shape index (κ3) is 3.13. The van der Waals surface area contributed by atoms with Gasteiger partial charge in [-0.3, -0.25) is 0 Å². The number of aromatic nitrogens is 3. The van der Waals surface area contributed by atoms with Gasteiger partial charge in [-0.05, 0) is 17.7 Å². The number of benzene rings is 4. The second kappa shape index (κ2) is 7.91. The van der Waals surface area contributed by atoms with Crippen LogP contribution in [0, 0.1) is 0 Å². The Morgan fingerprint density at radius 1 is 0.531 bits per heavy atom. The lowest BCUT2D eigenvalue weighted by molar-refractivity contribution is 0.810. The van der Waals surface area contributed by atoms with E-state index in [2.05, 4.69) is 89.2 Å². The van der Waals surface area contributed by atoms with Crippen molar-refractivity contribution in [3.8, 4) is 38.0 Å². The summed E-state index contributed by atoms with van der Waals surface area (Å²) in [4.78, 5) is 2.43. The molecule has 152 valence electrons. The molecule has 2 heterocycles. The summed E-state index contributed by atoms with van der Waals surface area (Å²) in [5, 5.41) is 11.7. The van der Waals surface area contributed by atoms with Gasteiger partial charge in [0.25, 0.3) is 0 Å². The van der Waals surface area contributed by atoms with Gasteiger partial charge in [0.05, 0.1) is 10.6 Å². The van der Waals surface area contributed by atoms with E-state index in [1.54, 1.807) is 11.3 Å². The lowest BCUT2D eigenvalue weighted by Gasteiger charge is -2.08. The molecule has 0 aliphatic carbocycles. The van der Waals surface area contributed by atoms with Crippen molar-refractivity contribution in [3.63, 3.8) is 0 Å². The molecular formula is C28H19N3S. The van der Waals surface area contributed by atoms with Crippen molar-refractivity contribution in [3.05, 3.63) is 115 Å². The fourth-order valence-corrected chi connectivity index (χ4v) is 5.41. The Hall–Kier alpha value is -4.02. The highest BCUT2D eigenvalue weighted by atomic mass is 32.1. The smallest absolute Gasteiger partial charge is 0.122 e. The van der Waals surface area contributed by atoms with Crippen LogP contribution < -0.4 is 0 Å². The van der Waals surface area contributed by atoms with Crippen molar-refractivity contribution < 1.29 is 0 Å². The lowest BCUT2D eigenvalue weighted by Crippen LogP contribution is -1.98. The van der Waals surface area contributed by atoms with Crippen molar-refractivity contribution in [2.24, 2.45) is 0 Å². The van der Waals surface area contributed by atoms with Crippen LogP contribution in [-0.4, -0.2) is 15.0 Å². The molecule has 0 atom stereocenters. The molecule has 6 aromatic rings. The van der Waals surface area contributed by atoms with Crippen molar-refractivity contribution in [2.75, 3.05) is 0 Å². The van der Waals surface area contributed by atoms with E-state index in [1.165, 1.54) is 26.1 Å². The summed E-state index contributed by atoms with van der Waals surface area (Å²) >= 11 is 1.80. The molecule has 0 aliphatic rings. The highest BCUT2D eigenvalue weighted by molar-refractivity contribution is 7.21. The molecule has 0 bridgehead atoms. The molecule has 6 rings (SSSR count). The zero-order chi connectivity index (χ0) is 21.3. The second-order valence-electron chi connectivity index (χ2n) is 7.57. The van der Waals surface area contributed by atoms with Gasteiger partial charge in [-0.2, -0.15) is 0 Å². The topological polar surface area (TPSA) is 30.7 Å². The van der Waals surface area contributed by atoms with Crippen LogP contribution in [0.2, 0.25) is 0 Å². The predicted molar refractivity (Wildman–Crippen MR) is 133 cm³/mol. The standard InChI is InChI=1S/C28H19N3S/c1-4-12-20(13-5-1)25-26(31(30-29-25)22-16-8-3-9-17-22)28-24-19-11-10-18-23(24)27(32-28)21-14-6-2-7-15-21/h1-19H. The van der Waals surface area contributed by atoms with Crippen LogP contribution in [-0.2, 0) is 0 Å². The molecule has 2 aromatic heterocycles. The molecule has 3 nitrogen and oxygen atoms in total. The Morgan fingerprint density at radius 3 is 1.72 bits per heavy atom. The van der Waals surface area contributed by atoms with Crippen LogP contribution in [0.3, 0.4) is 0 Å². The van der Waals surface area contributed by atoms with Crippen molar-refractivity contribution in [2.45, 2.75) is 0 Å². The Bertz CT molecular complexity index is 1440. The van der Waals surface area contributed by atoms with Crippen molar-refractivity contribution in [1.29, 1.82) is 0 Å². The fraction of sp³-hybridized carbons (Fsp3) is 0. The summed E-state index contributed by atoms with van der Waals surface area (Å²) in [7, 11) is 0. The normalized spacial score (nSPS) is 11.1. The van der Waals surface area contributed by atoms with E-state index in [1.807, 2.05) is 41.1 Å². The maximum atomic E-state index is 4.65. The first-order chi connectivity index (χ1) is 15.9. The van der Waals surface area contributed by atoms with Crippen LogP contribution in [0.5, 0.6) is 0 Å². The van der Waals surface area contributed by atoms with Crippen LogP contribution >= 0.6 is 11.3 Å². The largest absolute Gasteiger partial charge is 0.211 e. The number of hydrogen-bond acceptors (Lipinski definition) is 3. The molecule has 0 saturated carbocycles. The van der Waals surface area contributed by atoms with Gasteiger partial charge in [0, 0.05) is 21.2 Å². The Labute approximate surface area is 190 Å². The molecule has 4 aromatic carbocycles. The van der Waals surface area contributed by atoms with E-state index in [4.69, 9.17) is 0 Å². The highest BCUT2D eigenvalue weighted by Crippen LogP contribution is 2.46. The minimum atomic E-state index is 0.890. The number of para-hydroxylation sites is 1. The average Bonchev–Trinajstić information content (AvgIpc) is 3.48. The maximum Gasteiger partial charge on any atom is 0.122 e. The number of rotatable bonds is 4. The summed E-state index contributed by atoms with van der Waals surface area (Å²) in [5.74, 6) is 0. The van der Waals surface area contributed by atoms with E-state index in [-0.39, 0.29) is 0 Å². The monoisotopic (exact) mass is 429 g/mol. The van der Waals surface area contributed by atoms with Gasteiger partial charge < -0.3 is 0 Å². The molecule has 0 amide bonds. The van der Waals surface area contributed by atoms with Gasteiger partial charge in [-0.15, -0.1) is 16.4 Å². The third-order valence-electron chi connectivity index (χ3n) is 5.59. The minimum absolute atomic E-state index is 0.890. The molecule has 0 radical (unpaired) electrons. The van der Waals surface area contributed by atoms with Crippen LogP contribution in [0.25, 0.3) is 48.7 Å². The molecule has 0 spiro atoms. The molecule has 0 unspecified atom stereocenters. The number of hydrogen-bond donors (Lipinski definition) is 0. The first-order valence-electron chi connectivity index (χ1n) is 10.5. The summed E-state index contributed by atoms with van der Waals surface area (Å²) in [6.45, 7) is 0. The number of thiophene rings is 1. The van der Waals surface area contributed by atoms with Crippen LogP contribution in [0.4, 0.5) is 0 Å². The summed E-state index contributed by atoms with van der Waals surface area (Å²) in [5.41, 5.74) is 5.19. The highest BCUT2D eigenvalue weighted by Gasteiger charge is 2.23. The Balaban J connectivity index is 1.68. The van der Waals surface area contributed by atoms with E-state index < -0.39 is 0 Å². The lowest BCUT2D eigenvalue weighted by atomic mass is 10.0. The first kappa shape index (κ1) is 18.7. The molecule has 32 heavy (non-hydrogen) atoms. The average molecular weight is 430 g/mol. The fourth-order valence-electron chi connectivity index (χ4n) is 4.10. The van der Waals surface area contributed by atoms with E-state index in [9.17, 15) is 0 Å². The zero-order valence-electron chi connectivity index (χ0n) is 17.2. The molecular weight excluding hydrogens is 410 g/mol. The van der Waals surface area contributed by atoms with Gasteiger partial charge in [0.2, 0.25) is 0 Å². The van der Waals surface area contributed by atoms with Gasteiger partial charge >= 0.3 is 0 Å². The van der Waals surface area contributed by atoms with Crippen LogP contribution in [0.15, 0.2) is 115 Å². The predicted octanol–water partition coefficient (Wildman–Crippen LogP) is 7.48. The second-order valence-corrected chi connectivity index (χ2v) is 8.59. The van der Waals surface area contributed by atoms with E-state index >= 15 is 0 Å². The Kier molecular flexibility index (Phi) is 4.63. The Morgan fingerprint density at radius 2 is 1.06 bits per heavy atom. The van der Waals surface area contributed by atoms with Gasteiger partial charge in [-0.25, -0.2) is 4.68 Å². The molecule has 0 saturated heterocycles.